The van der Waals surface area contributed by atoms with E-state index in [1.165, 1.54) is 0 Å². The van der Waals surface area contributed by atoms with Crippen LogP contribution < -0.4 is 10.6 Å². The van der Waals surface area contributed by atoms with Crippen molar-refractivity contribution in [1.29, 1.82) is 5.41 Å². The van der Waals surface area contributed by atoms with E-state index in [1.54, 1.807) is 25.2 Å². The minimum atomic E-state index is -0.238. The monoisotopic (exact) mass is 373 g/mol. The fourth-order valence-corrected chi connectivity index (χ4v) is 1.96. The maximum absolute atomic E-state index is 12.0. The Morgan fingerprint density at radius 1 is 1.44 bits per heavy atom. The lowest BCUT2D eigenvalue weighted by Gasteiger charge is -2.10. The molecule has 0 fully saturated rings. The molecule has 1 rings (SSSR count). The molecule has 0 spiro atoms. The van der Waals surface area contributed by atoms with E-state index in [0.717, 1.165) is 10.2 Å². The molecule has 96 valence electrons. The van der Waals surface area contributed by atoms with Crippen LogP contribution in [-0.4, -0.2) is 24.1 Å². The van der Waals surface area contributed by atoms with Gasteiger partial charge >= 0.3 is 0 Å². The van der Waals surface area contributed by atoms with Gasteiger partial charge in [0.2, 0.25) is 0 Å². The standard InChI is InChI=1S/C12H13Br2N3O/c1-7(16-2)6-17-12(18)9-4-3-8(13)5-10(9)11(14)15/h3-5,15-16H,1,6H2,2H3,(H,17,18). The average molecular weight is 375 g/mol. The van der Waals surface area contributed by atoms with Crippen molar-refractivity contribution in [2.75, 3.05) is 13.6 Å². The number of halogens is 2. The molecular weight excluding hydrogens is 362 g/mol. The van der Waals surface area contributed by atoms with Crippen molar-refractivity contribution in [3.05, 3.63) is 46.1 Å². The van der Waals surface area contributed by atoms with Gasteiger partial charge in [0.05, 0.1) is 6.54 Å². The first kappa shape index (κ1) is 14.9. The van der Waals surface area contributed by atoms with Crippen LogP contribution in [0, 0.1) is 5.41 Å². The van der Waals surface area contributed by atoms with E-state index in [-0.39, 0.29) is 10.5 Å². The molecular formula is C12H13Br2N3O. The van der Waals surface area contributed by atoms with Gasteiger partial charge in [0.15, 0.2) is 0 Å². The number of carbonyl (C=O) groups is 1. The number of hydrogen-bond acceptors (Lipinski definition) is 3. The van der Waals surface area contributed by atoms with Gasteiger partial charge in [-0.15, -0.1) is 0 Å². The first-order valence-electron chi connectivity index (χ1n) is 5.13. The second-order valence-electron chi connectivity index (χ2n) is 3.54. The summed E-state index contributed by atoms with van der Waals surface area (Å²) in [5, 5.41) is 13.2. The highest BCUT2D eigenvalue weighted by atomic mass is 79.9. The first-order valence-corrected chi connectivity index (χ1v) is 6.72. The summed E-state index contributed by atoms with van der Waals surface area (Å²) < 4.78 is 0.985. The van der Waals surface area contributed by atoms with Crippen LogP contribution in [0.25, 0.3) is 0 Å². The molecule has 0 saturated heterocycles. The van der Waals surface area contributed by atoms with E-state index in [1.807, 2.05) is 0 Å². The minimum absolute atomic E-state index is 0.168. The van der Waals surface area contributed by atoms with Crippen molar-refractivity contribution in [3.63, 3.8) is 0 Å². The third kappa shape index (κ3) is 3.96. The van der Waals surface area contributed by atoms with Crippen molar-refractivity contribution in [1.82, 2.24) is 10.6 Å². The Labute approximate surface area is 123 Å². The fourth-order valence-electron chi connectivity index (χ4n) is 1.27. The predicted octanol–water partition coefficient (Wildman–Crippen LogP) is 2.63. The summed E-state index contributed by atoms with van der Waals surface area (Å²) in [4.78, 5) is 12.0. The van der Waals surface area contributed by atoms with Crippen LogP contribution in [0.15, 0.2) is 34.9 Å². The Balaban J connectivity index is 2.92. The van der Waals surface area contributed by atoms with E-state index in [0.29, 0.717) is 17.7 Å². The maximum atomic E-state index is 12.0. The smallest absolute Gasteiger partial charge is 0.252 e. The Bertz CT molecular complexity index is 500. The summed E-state index contributed by atoms with van der Waals surface area (Å²) in [6.07, 6.45) is 0. The summed E-state index contributed by atoms with van der Waals surface area (Å²) >= 11 is 6.40. The van der Waals surface area contributed by atoms with Gasteiger partial charge in [0, 0.05) is 28.3 Å². The number of nitrogens with one attached hydrogen (secondary N) is 3. The second-order valence-corrected chi connectivity index (χ2v) is 5.25. The van der Waals surface area contributed by atoms with Gasteiger partial charge in [-0.1, -0.05) is 22.5 Å². The zero-order valence-electron chi connectivity index (χ0n) is 9.81. The molecule has 0 aliphatic carbocycles. The molecule has 1 amide bonds. The van der Waals surface area contributed by atoms with Crippen molar-refractivity contribution >= 4 is 42.4 Å². The topological polar surface area (TPSA) is 65.0 Å². The molecule has 1 aromatic rings. The zero-order chi connectivity index (χ0) is 13.7. The molecule has 0 aromatic heterocycles. The van der Waals surface area contributed by atoms with Crippen LogP contribution in [0.2, 0.25) is 0 Å². The molecule has 0 unspecified atom stereocenters. The van der Waals surface area contributed by atoms with E-state index in [4.69, 9.17) is 5.41 Å². The summed E-state index contributed by atoms with van der Waals surface area (Å²) in [5.41, 5.74) is 1.71. The summed E-state index contributed by atoms with van der Waals surface area (Å²) in [6, 6.07) is 5.16. The van der Waals surface area contributed by atoms with E-state index in [9.17, 15) is 4.79 Å². The molecule has 6 heteroatoms. The summed E-state index contributed by atoms with van der Waals surface area (Å²) in [6.45, 7) is 4.07. The molecule has 0 aliphatic rings. The number of likely N-dealkylation sites (N-methyl/N-ethyl adjacent to an activating group) is 1. The van der Waals surface area contributed by atoms with Crippen molar-refractivity contribution in [3.8, 4) is 0 Å². The lowest BCUT2D eigenvalue weighted by molar-refractivity contribution is 0.0956. The number of carbonyl (C=O) groups excluding carboxylic acids is 1. The number of hydrogen-bond donors (Lipinski definition) is 3. The van der Waals surface area contributed by atoms with Crippen LogP contribution in [0.5, 0.6) is 0 Å². The minimum Gasteiger partial charge on any atom is -0.390 e. The van der Waals surface area contributed by atoms with Crippen LogP contribution >= 0.6 is 31.9 Å². The van der Waals surface area contributed by atoms with Gasteiger partial charge in [-0.2, -0.15) is 0 Å². The summed E-state index contributed by atoms with van der Waals surface area (Å²) in [7, 11) is 1.74. The number of amides is 1. The molecule has 0 atom stereocenters. The predicted molar refractivity (Wildman–Crippen MR) is 80.4 cm³/mol. The molecule has 0 bridgehead atoms. The number of benzene rings is 1. The van der Waals surface area contributed by atoms with E-state index >= 15 is 0 Å². The molecule has 0 heterocycles. The fraction of sp³-hybridized carbons (Fsp3) is 0.167. The Hall–Kier alpha value is -1.14. The molecule has 4 nitrogen and oxygen atoms in total. The van der Waals surface area contributed by atoms with Crippen LogP contribution in [-0.2, 0) is 0 Å². The van der Waals surface area contributed by atoms with Gasteiger partial charge in [-0.25, -0.2) is 0 Å². The first-order chi connectivity index (χ1) is 8.45. The molecule has 0 aliphatic heterocycles. The van der Waals surface area contributed by atoms with Crippen LogP contribution in [0.4, 0.5) is 0 Å². The quantitative estimate of drug-likeness (QED) is 0.693. The van der Waals surface area contributed by atoms with Gasteiger partial charge < -0.3 is 10.6 Å². The van der Waals surface area contributed by atoms with E-state index < -0.39 is 0 Å². The SMILES string of the molecule is C=C(CNC(=O)c1ccc(Br)cc1C(=N)Br)NC. The third-order valence-corrected chi connectivity index (χ3v) is 3.20. The highest BCUT2D eigenvalue weighted by Gasteiger charge is 2.13. The van der Waals surface area contributed by atoms with Crippen molar-refractivity contribution in [2.24, 2.45) is 0 Å². The Kier molecular flexibility index (Phi) is 5.55. The zero-order valence-corrected chi connectivity index (χ0v) is 13.0. The molecule has 1 aromatic carbocycles. The Morgan fingerprint density at radius 3 is 2.67 bits per heavy atom. The van der Waals surface area contributed by atoms with Crippen molar-refractivity contribution < 1.29 is 4.79 Å². The largest absolute Gasteiger partial charge is 0.390 e. The maximum Gasteiger partial charge on any atom is 0.252 e. The van der Waals surface area contributed by atoms with Crippen LogP contribution in [0.3, 0.4) is 0 Å². The normalized spacial score (nSPS) is 9.72. The second kappa shape index (κ2) is 6.70. The molecule has 18 heavy (non-hydrogen) atoms. The molecule has 0 radical (unpaired) electrons. The molecule has 0 saturated carbocycles. The van der Waals surface area contributed by atoms with Gasteiger partial charge in [-0.05, 0) is 34.1 Å². The average Bonchev–Trinajstić information content (AvgIpc) is 2.35. The molecule has 3 N–H and O–H groups in total. The summed E-state index contributed by atoms with van der Waals surface area (Å²) in [5.74, 6) is -0.238. The highest BCUT2D eigenvalue weighted by Crippen LogP contribution is 2.19. The lowest BCUT2D eigenvalue weighted by Crippen LogP contribution is -2.29. The lowest BCUT2D eigenvalue weighted by atomic mass is 10.1. The van der Waals surface area contributed by atoms with Gasteiger partial charge in [0.25, 0.3) is 5.91 Å². The van der Waals surface area contributed by atoms with Crippen LogP contribution in [0.1, 0.15) is 15.9 Å². The van der Waals surface area contributed by atoms with Crippen molar-refractivity contribution in [2.45, 2.75) is 0 Å². The highest BCUT2D eigenvalue weighted by molar-refractivity contribution is 9.18. The van der Waals surface area contributed by atoms with E-state index in [2.05, 4.69) is 49.1 Å². The Morgan fingerprint density at radius 2 is 2.11 bits per heavy atom. The third-order valence-electron chi connectivity index (χ3n) is 2.28. The van der Waals surface area contributed by atoms with Gasteiger partial charge in [-0.3, -0.25) is 10.2 Å². The number of rotatable bonds is 5. The van der Waals surface area contributed by atoms with Gasteiger partial charge in [0.1, 0.15) is 4.62 Å².